The van der Waals surface area contributed by atoms with Crippen molar-refractivity contribution in [1.29, 1.82) is 0 Å². The Morgan fingerprint density at radius 2 is 1.83 bits per heavy atom. The molecule has 2 aromatic rings. The van der Waals surface area contributed by atoms with Crippen LogP contribution in [0.1, 0.15) is 30.2 Å². The smallest absolute Gasteiger partial charge is 0.230 e. The summed E-state index contributed by atoms with van der Waals surface area (Å²) in [6.45, 7) is 1.93. The maximum atomic E-state index is 12.1. The lowest BCUT2D eigenvalue weighted by molar-refractivity contribution is -0.119. The van der Waals surface area contributed by atoms with Crippen LogP contribution in [0.2, 0.25) is 0 Å². The Morgan fingerprint density at radius 1 is 1.17 bits per heavy atom. The number of benzene rings is 2. The Bertz CT molecular complexity index is 648. The van der Waals surface area contributed by atoms with E-state index in [1.807, 2.05) is 61.5 Å². The number of aliphatic hydroxyl groups excluding tert-OH is 1. The number of hydrogen-bond acceptors (Lipinski definition) is 4. The molecule has 0 bridgehead atoms. The van der Waals surface area contributed by atoms with Gasteiger partial charge in [0, 0.05) is 11.3 Å². The SMILES string of the molecule is COc1ccccc1[C@H](C)NC(=O)CSC[C@@H](O)c1ccccc1. The summed E-state index contributed by atoms with van der Waals surface area (Å²) in [6.07, 6.45) is -0.560. The van der Waals surface area contributed by atoms with Gasteiger partial charge in [-0.15, -0.1) is 11.8 Å². The molecular formula is C19H23NO3S. The van der Waals surface area contributed by atoms with Gasteiger partial charge < -0.3 is 15.2 Å². The monoisotopic (exact) mass is 345 g/mol. The van der Waals surface area contributed by atoms with Gasteiger partial charge in [-0.2, -0.15) is 0 Å². The zero-order valence-electron chi connectivity index (χ0n) is 13.9. The molecule has 0 radical (unpaired) electrons. The molecule has 0 unspecified atom stereocenters. The van der Waals surface area contributed by atoms with Crippen molar-refractivity contribution in [3.63, 3.8) is 0 Å². The first-order valence-electron chi connectivity index (χ1n) is 7.85. The third-order valence-corrected chi connectivity index (χ3v) is 4.69. The van der Waals surface area contributed by atoms with Crippen molar-refractivity contribution < 1.29 is 14.6 Å². The summed E-state index contributed by atoms with van der Waals surface area (Å²) in [5.74, 6) is 1.50. The maximum absolute atomic E-state index is 12.1. The van der Waals surface area contributed by atoms with Crippen LogP contribution in [0.15, 0.2) is 54.6 Å². The molecule has 0 aromatic heterocycles. The number of aliphatic hydroxyl groups is 1. The molecule has 0 heterocycles. The van der Waals surface area contributed by atoms with Gasteiger partial charge in [-0.3, -0.25) is 4.79 Å². The maximum Gasteiger partial charge on any atom is 0.230 e. The Labute approximate surface area is 147 Å². The molecule has 0 saturated heterocycles. The lowest BCUT2D eigenvalue weighted by Crippen LogP contribution is -2.28. The number of carbonyl (C=O) groups is 1. The lowest BCUT2D eigenvalue weighted by atomic mass is 10.1. The Hall–Kier alpha value is -1.98. The minimum absolute atomic E-state index is 0.0568. The Morgan fingerprint density at radius 3 is 2.54 bits per heavy atom. The first kappa shape index (κ1) is 18.4. The second-order valence-corrected chi connectivity index (χ2v) is 6.50. The summed E-state index contributed by atoms with van der Waals surface area (Å²) in [7, 11) is 1.62. The average molecular weight is 345 g/mol. The van der Waals surface area contributed by atoms with E-state index in [-0.39, 0.29) is 11.9 Å². The fraction of sp³-hybridized carbons (Fsp3) is 0.316. The molecule has 2 N–H and O–H groups in total. The number of para-hydroxylation sites is 1. The van der Waals surface area contributed by atoms with Gasteiger partial charge in [-0.1, -0.05) is 48.5 Å². The highest BCUT2D eigenvalue weighted by Crippen LogP contribution is 2.24. The van der Waals surface area contributed by atoms with Gasteiger partial charge in [0.15, 0.2) is 0 Å². The molecule has 2 aromatic carbocycles. The van der Waals surface area contributed by atoms with Gasteiger partial charge in [0.1, 0.15) is 5.75 Å². The highest BCUT2D eigenvalue weighted by molar-refractivity contribution is 7.99. The Kier molecular flexibility index (Phi) is 7.15. The molecule has 2 atom stereocenters. The van der Waals surface area contributed by atoms with Gasteiger partial charge in [0.25, 0.3) is 0 Å². The van der Waals surface area contributed by atoms with Crippen molar-refractivity contribution >= 4 is 17.7 Å². The van der Waals surface area contributed by atoms with Crippen LogP contribution in [-0.2, 0) is 4.79 Å². The van der Waals surface area contributed by atoms with E-state index in [4.69, 9.17) is 4.74 Å². The van der Waals surface area contributed by atoms with Gasteiger partial charge in [0.05, 0.1) is 25.0 Å². The summed E-state index contributed by atoms with van der Waals surface area (Å²) in [4.78, 5) is 12.1. The quantitative estimate of drug-likeness (QED) is 0.770. The number of methoxy groups -OCH3 is 1. The normalized spacial score (nSPS) is 13.1. The highest BCUT2D eigenvalue weighted by atomic mass is 32.2. The second-order valence-electron chi connectivity index (χ2n) is 5.47. The standard InChI is InChI=1S/C19H23NO3S/c1-14(16-10-6-7-11-18(16)23-2)20-19(22)13-24-12-17(21)15-8-4-3-5-9-15/h3-11,14,17,21H,12-13H2,1-2H3,(H,20,22)/t14-,17+/m0/s1. The number of ether oxygens (including phenoxy) is 1. The minimum Gasteiger partial charge on any atom is -0.496 e. The van der Waals surface area contributed by atoms with Crippen molar-refractivity contribution in [3.05, 3.63) is 65.7 Å². The van der Waals surface area contributed by atoms with Crippen molar-refractivity contribution in [3.8, 4) is 5.75 Å². The summed E-state index contributed by atoms with van der Waals surface area (Å²) < 4.78 is 5.32. The van der Waals surface area contributed by atoms with Crippen molar-refractivity contribution in [1.82, 2.24) is 5.32 Å². The largest absolute Gasteiger partial charge is 0.496 e. The summed E-state index contributed by atoms with van der Waals surface area (Å²) in [5.41, 5.74) is 1.82. The molecule has 0 aliphatic carbocycles. The van der Waals surface area contributed by atoms with Crippen LogP contribution >= 0.6 is 11.8 Å². The van der Waals surface area contributed by atoms with Gasteiger partial charge >= 0.3 is 0 Å². The molecule has 0 aliphatic heterocycles. The van der Waals surface area contributed by atoms with Crippen molar-refractivity contribution in [2.24, 2.45) is 0 Å². The third kappa shape index (κ3) is 5.28. The van der Waals surface area contributed by atoms with Gasteiger partial charge in [0.2, 0.25) is 5.91 Å². The van der Waals surface area contributed by atoms with E-state index < -0.39 is 6.10 Å². The van der Waals surface area contributed by atoms with E-state index in [0.29, 0.717) is 11.5 Å². The first-order chi connectivity index (χ1) is 11.6. The van der Waals surface area contributed by atoms with E-state index in [2.05, 4.69) is 5.32 Å². The number of amides is 1. The van der Waals surface area contributed by atoms with E-state index in [9.17, 15) is 9.90 Å². The predicted molar refractivity (Wildman–Crippen MR) is 98.3 cm³/mol. The van der Waals surface area contributed by atoms with Crippen LogP contribution in [0.4, 0.5) is 0 Å². The second kappa shape index (κ2) is 9.35. The molecule has 5 heteroatoms. The highest BCUT2D eigenvalue weighted by Gasteiger charge is 2.14. The van der Waals surface area contributed by atoms with Crippen LogP contribution in [0, 0.1) is 0 Å². The van der Waals surface area contributed by atoms with E-state index in [0.717, 1.165) is 16.9 Å². The van der Waals surface area contributed by atoms with Crippen LogP contribution in [0.5, 0.6) is 5.75 Å². The molecular weight excluding hydrogens is 322 g/mol. The summed E-state index contributed by atoms with van der Waals surface area (Å²) in [6, 6.07) is 17.0. The molecule has 2 rings (SSSR count). The van der Waals surface area contributed by atoms with Crippen LogP contribution in [0.3, 0.4) is 0 Å². The number of carbonyl (C=O) groups excluding carboxylic acids is 1. The zero-order valence-corrected chi connectivity index (χ0v) is 14.8. The fourth-order valence-electron chi connectivity index (χ4n) is 2.42. The summed E-state index contributed by atoms with van der Waals surface area (Å²) in [5, 5.41) is 13.1. The molecule has 128 valence electrons. The number of rotatable bonds is 8. The molecule has 0 spiro atoms. The topological polar surface area (TPSA) is 58.6 Å². The lowest BCUT2D eigenvalue weighted by Gasteiger charge is -2.17. The van der Waals surface area contributed by atoms with Crippen LogP contribution in [0.25, 0.3) is 0 Å². The third-order valence-electron chi connectivity index (χ3n) is 3.68. The Balaban J connectivity index is 1.79. The molecule has 1 amide bonds. The molecule has 0 fully saturated rings. The molecule has 0 aliphatic rings. The van der Waals surface area contributed by atoms with Crippen LogP contribution in [-0.4, -0.2) is 29.6 Å². The summed E-state index contributed by atoms with van der Waals surface area (Å²) >= 11 is 1.42. The average Bonchev–Trinajstić information content (AvgIpc) is 2.62. The van der Waals surface area contributed by atoms with Crippen molar-refractivity contribution in [2.45, 2.75) is 19.1 Å². The number of nitrogens with one attached hydrogen (secondary N) is 1. The minimum atomic E-state index is -0.560. The van der Waals surface area contributed by atoms with E-state index in [1.165, 1.54) is 11.8 Å². The van der Waals surface area contributed by atoms with E-state index >= 15 is 0 Å². The van der Waals surface area contributed by atoms with E-state index in [1.54, 1.807) is 7.11 Å². The first-order valence-corrected chi connectivity index (χ1v) is 9.00. The number of hydrogen-bond donors (Lipinski definition) is 2. The molecule has 0 saturated carbocycles. The van der Waals surface area contributed by atoms with Crippen molar-refractivity contribution in [2.75, 3.05) is 18.6 Å². The molecule has 24 heavy (non-hydrogen) atoms. The zero-order chi connectivity index (χ0) is 17.4. The number of thioether (sulfide) groups is 1. The fourth-order valence-corrected chi connectivity index (χ4v) is 3.22. The van der Waals surface area contributed by atoms with Gasteiger partial charge in [-0.05, 0) is 18.6 Å². The molecule has 4 nitrogen and oxygen atoms in total. The van der Waals surface area contributed by atoms with Gasteiger partial charge in [-0.25, -0.2) is 0 Å². The predicted octanol–water partition coefficient (Wildman–Crippen LogP) is 3.34. The van der Waals surface area contributed by atoms with Crippen LogP contribution < -0.4 is 10.1 Å².